The number of nitrogens with one attached hydrogen (secondary N) is 1. The summed E-state index contributed by atoms with van der Waals surface area (Å²) in [6.07, 6.45) is 1.33. The molecule has 0 aliphatic heterocycles. The molecule has 40 heavy (non-hydrogen) atoms. The van der Waals surface area contributed by atoms with Crippen LogP contribution in [0.3, 0.4) is 0 Å². The van der Waals surface area contributed by atoms with Crippen LogP contribution >= 0.6 is 11.6 Å². The number of hydrazone groups is 1. The van der Waals surface area contributed by atoms with Crippen molar-refractivity contribution in [2.24, 2.45) is 5.10 Å². The quantitative estimate of drug-likeness (QED) is 0.142. The summed E-state index contributed by atoms with van der Waals surface area (Å²) in [4.78, 5) is 12.6. The zero-order chi connectivity index (χ0) is 28.5. The van der Waals surface area contributed by atoms with Crippen molar-refractivity contribution in [2.45, 2.75) is 11.5 Å². The molecule has 1 amide bonds. The summed E-state index contributed by atoms with van der Waals surface area (Å²) < 4.78 is 47.0. The van der Waals surface area contributed by atoms with Gasteiger partial charge < -0.3 is 18.4 Å². The van der Waals surface area contributed by atoms with E-state index in [0.29, 0.717) is 29.2 Å². The topological polar surface area (TPSA) is 113 Å². The highest BCUT2D eigenvalue weighted by atomic mass is 35.5. The molecule has 0 saturated heterocycles. The van der Waals surface area contributed by atoms with Crippen LogP contribution in [0.2, 0.25) is 5.02 Å². The van der Waals surface area contributed by atoms with Crippen molar-refractivity contribution in [2.75, 3.05) is 14.2 Å². The SMILES string of the molecule is COc1cc(C(=O)N/N=C/c2cc(Cl)c(OS(=O)(=O)c3ccccc3)c(OC)c2)ccc1OCc1ccccc1. The Morgan fingerprint density at radius 1 is 0.875 bits per heavy atom. The van der Waals surface area contributed by atoms with E-state index >= 15 is 0 Å². The van der Waals surface area contributed by atoms with Gasteiger partial charge in [0.15, 0.2) is 17.2 Å². The van der Waals surface area contributed by atoms with Crippen molar-refractivity contribution in [3.8, 4) is 23.0 Å². The molecule has 1 N–H and O–H groups in total. The second-order valence-electron chi connectivity index (χ2n) is 8.22. The molecule has 0 radical (unpaired) electrons. The highest BCUT2D eigenvalue weighted by Gasteiger charge is 2.22. The normalized spacial score (nSPS) is 11.2. The number of amides is 1. The van der Waals surface area contributed by atoms with Crippen LogP contribution < -0.4 is 23.8 Å². The molecule has 206 valence electrons. The summed E-state index contributed by atoms with van der Waals surface area (Å²) in [6, 6.07) is 25.0. The minimum absolute atomic E-state index is 0.0255. The predicted octanol–water partition coefficient (Wildman–Crippen LogP) is 5.47. The van der Waals surface area contributed by atoms with Gasteiger partial charge in [-0.3, -0.25) is 4.79 Å². The fraction of sp³-hybridized carbons (Fsp3) is 0.103. The van der Waals surface area contributed by atoms with Crippen molar-refractivity contribution in [3.05, 3.63) is 113 Å². The maximum Gasteiger partial charge on any atom is 0.339 e. The van der Waals surface area contributed by atoms with Gasteiger partial charge in [-0.05, 0) is 53.6 Å². The van der Waals surface area contributed by atoms with E-state index in [9.17, 15) is 13.2 Å². The summed E-state index contributed by atoms with van der Waals surface area (Å²) in [6.45, 7) is 0.348. The summed E-state index contributed by atoms with van der Waals surface area (Å²) in [5.74, 6) is 0.289. The minimum atomic E-state index is -4.14. The van der Waals surface area contributed by atoms with Crippen LogP contribution in [-0.2, 0) is 16.7 Å². The molecule has 4 aromatic carbocycles. The highest BCUT2D eigenvalue weighted by Crippen LogP contribution is 2.38. The molecule has 11 heteroatoms. The molecule has 0 atom stereocenters. The third-order valence-electron chi connectivity index (χ3n) is 5.52. The molecule has 0 aliphatic carbocycles. The maximum atomic E-state index is 12.7. The Hall–Kier alpha value is -4.54. The van der Waals surface area contributed by atoms with Crippen molar-refractivity contribution in [3.63, 3.8) is 0 Å². The number of benzene rings is 4. The lowest BCUT2D eigenvalue weighted by Crippen LogP contribution is -2.17. The number of carbonyl (C=O) groups excluding carboxylic acids is 1. The minimum Gasteiger partial charge on any atom is -0.493 e. The number of rotatable bonds is 11. The van der Waals surface area contributed by atoms with E-state index in [1.165, 1.54) is 44.7 Å². The van der Waals surface area contributed by atoms with Crippen LogP contribution in [0.15, 0.2) is 101 Å². The van der Waals surface area contributed by atoms with Crippen LogP contribution in [0.1, 0.15) is 21.5 Å². The Bertz CT molecular complexity index is 1610. The van der Waals surface area contributed by atoms with Gasteiger partial charge in [-0.1, -0.05) is 60.1 Å². The molecule has 0 fully saturated rings. The van der Waals surface area contributed by atoms with Gasteiger partial charge in [0.25, 0.3) is 5.91 Å². The third-order valence-corrected chi connectivity index (χ3v) is 7.04. The van der Waals surface area contributed by atoms with Gasteiger partial charge in [0.1, 0.15) is 11.5 Å². The fourth-order valence-corrected chi connectivity index (χ4v) is 4.82. The summed E-state index contributed by atoms with van der Waals surface area (Å²) in [5, 5.41) is 3.94. The molecule has 4 aromatic rings. The monoisotopic (exact) mass is 580 g/mol. The van der Waals surface area contributed by atoms with Crippen molar-refractivity contribution in [1.82, 2.24) is 5.43 Å². The molecule has 0 aliphatic rings. The smallest absolute Gasteiger partial charge is 0.339 e. The van der Waals surface area contributed by atoms with E-state index in [1.54, 1.807) is 36.4 Å². The number of hydrogen-bond acceptors (Lipinski definition) is 8. The van der Waals surface area contributed by atoms with Crippen LogP contribution in [0.4, 0.5) is 0 Å². The standard InChI is InChI=1S/C29H25ClN2O7S/c1-36-26-17-22(13-14-25(26)38-19-20-9-5-3-6-10-20)29(33)32-31-18-21-15-24(30)28(27(16-21)37-2)39-40(34,35)23-11-7-4-8-12-23/h3-18H,19H2,1-2H3,(H,32,33)/b31-18+. The lowest BCUT2D eigenvalue weighted by Gasteiger charge is -2.13. The average Bonchev–Trinajstić information content (AvgIpc) is 2.98. The summed E-state index contributed by atoms with van der Waals surface area (Å²) in [5.41, 5.74) is 4.15. The van der Waals surface area contributed by atoms with Gasteiger partial charge >= 0.3 is 10.1 Å². The molecule has 4 rings (SSSR count). The molecule has 0 spiro atoms. The van der Waals surface area contributed by atoms with Crippen molar-refractivity contribution < 1.29 is 31.6 Å². The molecular formula is C29H25ClN2O7S. The number of hydrogen-bond donors (Lipinski definition) is 1. The number of nitrogens with zero attached hydrogens (tertiary/aromatic N) is 1. The van der Waals surface area contributed by atoms with Crippen LogP contribution in [0, 0.1) is 0 Å². The average molecular weight is 581 g/mol. The highest BCUT2D eigenvalue weighted by molar-refractivity contribution is 7.87. The first-order chi connectivity index (χ1) is 19.3. The maximum absolute atomic E-state index is 12.7. The Balaban J connectivity index is 1.43. The number of ether oxygens (including phenoxy) is 3. The van der Waals surface area contributed by atoms with E-state index in [-0.39, 0.29) is 21.4 Å². The van der Waals surface area contributed by atoms with Crippen molar-refractivity contribution in [1.29, 1.82) is 0 Å². The lowest BCUT2D eigenvalue weighted by atomic mass is 10.2. The van der Waals surface area contributed by atoms with Gasteiger partial charge in [0.05, 0.1) is 25.5 Å². The lowest BCUT2D eigenvalue weighted by molar-refractivity contribution is 0.0954. The van der Waals surface area contributed by atoms with Gasteiger partial charge in [-0.25, -0.2) is 5.43 Å². The van der Waals surface area contributed by atoms with E-state index in [2.05, 4.69) is 10.5 Å². The number of halogens is 1. The second-order valence-corrected chi connectivity index (χ2v) is 10.2. The second kappa shape index (κ2) is 13.0. The molecule has 9 nitrogen and oxygen atoms in total. The van der Waals surface area contributed by atoms with Gasteiger partial charge in [0, 0.05) is 5.56 Å². The first-order valence-corrected chi connectivity index (χ1v) is 13.6. The first kappa shape index (κ1) is 28.5. The Kier molecular flexibility index (Phi) is 9.26. The van der Waals surface area contributed by atoms with Gasteiger partial charge in [-0.2, -0.15) is 13.5 Å². The molecule has 0 heterocycles. The predicted molar refractivity (Wildman–Crippen MR) is 151 cm³/mol. The van der Waals surface area contributed by atoms with Crippen LogP contribution in [0.25, 0.3) is 0 Å². The zero-order valence-electron chi connectivity index (χ0n) is 21.5. The van der Waals surface area contributed by atoms with Crippen LogP contribution in [0.5, 0.6) is 23.0 Å². The van der Waals surface area contributed by atoms with E-state index in [4.69, 9.17) is 30.0 Å². The number of methoxy groups -OCH3 is 2. The van der Waals surface area contributed by atoms with Gasteiger partial charge in [0.2, 0.25) is 5.75 Å². The molecular weight excluding hydrogens is 556 g/mol. The number of carbonyl (C=O) groups is 1. The Morgan fingerprint density at radius 2 is 1.55 bits per heavy atom. The fourth-order valence-electron chi connectivity index (χ4n) is 3.53. The molecule has 0 aromatic heterocycles. The molecule has 0 bridgehead atoms. The van der Waals surface area contributed by atoms with Crippen molar-refractivity contribution >= 4 is 33.8 Å². The molecule has 0 saturated carbocycles. The zero-order valence-corrected chi connectivity index (χ0v) is 23.1. The molecule has 0 unspecified atom stereocenters. The van der Waals surface area contributed by atoms with Crippen LogP contribution in [-0.4, -0.2) is 34.8 Å². The van der Waals surface area contributed by atoms with E-state index < -0.39 is 16.0 Å². The van der Waals surface area contributed by atoms with Gasteiger partial charge in [-0.15, -0.1) is 0 Å². The third kappa shape index (κ3) is 7.10. The summed E-state index contributed by atoms with van der Waals surface area (Å²) in [7, 11) is -1.31. The largest absolute Gasteiger partial charge is 0.493 e. The summed E-state index contributed by atoms with van der Waals surface area (Å²) >= 11 is 6.31. The Morgan fingerprint density at radius 3 is 2.23 bits per heavy atom. The van der Waals surface area contributed by atoms with E-state index in [1.807, 2.05) is 30.3 Å². The van der Waals surface area contributed by atoms with E-state index in [0.717, 1.165) is 5.56 Å². The Labute approximate surface area is 237 Å². The first-order valence-electron chi connectivity index (χ1n) is 11.9.